The number of hydrogen-bond acceptors (Lipinski definition) is 4. The molecule has 0 aliphatic rings. The Morgan fingerprint density at radius 2 is 1.89 bits per heavy atom. The summed E-state index contributed by atoms with van der Waals surface area (Å²) in [6.45, 7) is 7.69. The van der Waals surface area contributed by atoms with Crippen LogP contribution in [0.3, 0.4) is 0 Å². The SMILES string of the molecule is CCN(CC)c1nn(-c2ccccc2C)nc1C#N. The quantitative estimate of drug-likeness (QED) is 0.841. The molecule has 98 valence electrons. The van der Waals surface area contributed by atoms with Gasteiger partial charge >= 0.3 is 0 Å². The molecule has 0 fully saturated rings. The second-order valence-electron chi connectivity index (χ2n) is 4.23. The molecule has 0 unspecified atom stereocenters. The second-order valence-corrected chi connectivity index (χ2v) is 4.23. The molecule has 0 atom stereocenters. The van der Waals surface area contributed by atoms with Gasteiger partial charge in [0.1, 0.15) is 6.07 Å². The van der Waals surface area contributed by atoms with E-state index in [0.717, 1.165) is 24.3 Å². The highest BCUT2D eigenvalue weighted by molar-refractivity contribution is 5.50. The Bertz CT molecular complexity index is 605. The minimum Gasteiger partial charge on any atom is -0.353 e. The van der Waals surface area contributed by atoms with Crippen LogP contribution < -0.4 is 4.90 Å². The molecule has 2 rings (SSSR count). The van der Waals surface area contributed by atoms with Crippen molar-refractivity contribution >= 4 is 5.82 Å². The molecular formula is C14H17N5. The Kier molecular flexibility index (Phi) is 3.81. The fourth-order valence-electron chi connectivity index (χ4n) is 2.00. The third-order valence-corrected chi connectivity index (χ3v) is 3.10. The first kappa shape index (κ1) is 13.1. The standard InChI is InChI=1S/C14H17N5/c1-4-18(5-2)14-12(10-15)16-19(17-14)13-9-7-6-8-11(13)3/h6-9H,4-5H2,1-3H3. The van der Waals surface area contributed by atoms with Gasteiger partial charge in [0.15, 0.2) is 5.82 Å². The van der Waals surface area contributed by atoms with Crippen molar-refractivity contribution in [3.63, 3.8) is 0 Å². The normalized spacial score (nSPS) is 10.2. The lowest BCUT2D eigenvalue weighted by molar-refractivity contribution is 0.734. The molecule has 1 heterocycles. The Balaban J connectivity index is 2.51. The van der Waals surface area contributed by atoms with Gasteiger partial charge < -0.3 is 4.90 Å². The minimum absolute atomic E-state index is 0.368. The number of aromatic nitrogens is 3. The first-order valence-electron chi connectivity index (χ1n) is 6.39. The van der Waals surface area contributed by atoms with E-state index in [-0.39, 0.29) is 0 Å². The van der Waals surface area contributed by atoms with Gasteiger partial charge in [-0.2, -0.15) is 5.26 Å². The van der Waals surface area contributed by atoms with Gasteiger partial charge in [0.05, 0.1) is 5.69 Å². The minimum atomic E-state index is 0.368. The van der Waals surface area contributed by atoms with Crippen molar-refractivity contribution in [2.75, 3.05) is 18.0 Å². The molecule has 5 nitrogen and oxygen atoms in total. The lowest BCUT2D eigenvalue weighted by Crippen LogP contribution is -2.23. The first-order chi connectivity index (χ1) is 9.21. The number of nitriles is 1. The van der Waals surface area contributed by atoms with Gasteiger partial charge in [0, 0.05) is 13.1 Å². The predicted molar refractivity (Wildman–Crippen MR) is 74.4 cm³/mol. The van der Waals surface area contributed by atoms with Gasteiger partial charge in [0.2, 0.25) is 5.69 Å². The number of aryl methyl sites for hydroxylation is 1. The summed E-state index contributed by atoms with van der Waals surface area (Å²) >= 11 is 0. The Labute approximate surface area is 113 Å². The molecule has 5 heteroatoms. The summed E-state index contributed by atoms with van der Waals surface area (Å²) in [4.78, 5) is 3.57. The summed E-state index contributed by atoms with van der Waals surface area (Å²) in [6.07, 6.45) is 0. The van der Waals surface area contributed by atoms with Crippen molar-refractivity contribution in [1.82, 2.24) is 15.0 Å². The maximum Gasteiger partial charge on any atom is 0.207 e. The van der Waals surface area contributed by atoms with E-state index >= 15 is 0 Å². The van der Waals surface area contributed by atoms with Crippen LogP contribution in [0.1, 0.15) is 25.1 Å². The number of para-hydroxylation sites is 1. The molecule has 0 amide bonds. The van der Waals surface area contributed by atoms with Crippen molar-refractivity contribution in [1.29, 1.82) is 5.26 Å². The topological polar surface area (TPSA) is 57.7 Å². The zero-order valence-electron chi connectivity index (χ0n) is 11.5. The van der Waals surface area contributed by atoms with Crippen LogP contribution >= 0.6 is 0 Å². The Hall–Kier alpha value is -2.35. The molecule has 0 spiro atoms. The smallest absolute Gasteiger partial charge is 0.207 e. The lowest BCUT2D eigenvalue weighted by atomic mass is 10.2. The molecule has 1 aromatic heterocycles. The van der Waals surface area contributed by atoms with E-state index in [4.69, 9.17) is 0 Å². The molecule has 0 radical (unpaired) electrons. The number of nitrogens with zero attached hydrogens (tertiary/aromatic N) is 5. The van der Waals surface area contributed by atoms with Crippen LogP contribution in [-0.2, 0) is 0 Å². The summed E-state index contributed by atoms with van der Waals surface area (Å²) < 4.78 is 0. The highest BCUT2D eigenvalue weighted by Crippen LogP contribution is 2.18. The van der Waals surface area contributed by atoms with Crippen LogP contribution in [0.4, 0.5) is 5.82 Å². The highest BCUT2D eigenvalue weighted by Gasteiger charge is 2.16. The molecule has 0 saturated carbocycles. The van der Waals surface area contributed by atoms with Gasteiger partial charge in [-0.05, 0) is 32.4 Å². The summed E-state index contributed by atoms with van der Waals surface area (Å²) in [7, 11) is 0. The van der Waals surface area contributed by atoms with Crippen LogP contribution in [0.2, 0.25) is 0 Å². The average molecular weight is 255 g/mol. The third kappa shape index (κ3) is 2.43. The van der Waals surface area contributed by atoms with Crippen molar-refractivity contribution < 1.29 is 0 Å². The van der Waals surface area contributed by atoms with Gasteiger partial charge in [-0.1, -0.05) is 18.2 Å². The van der Waals surface area contributed by atoms with Crippen molar-refractivity contribution in [2.24, 2.45) is 0 Å². The van der Waals surface area contributed by atoms with Crippen LogP contribution in [-0.4, -0.2) is 28.1 Å². The van der Waals surface area contributed by atoms with E-state index in [1.165, 1.54) is 0 Å². The van der Waals surface area contributed by atoms with Crippen LogP contribution in [0.5, 0.6) is 0 Å². The fraction of sp³-hybridized carbons (Fsp3) is 0.357. The highest BCUT2D eigenvalue weighted by atomic mass is 15.5. The van der Waals surface area contributed by atoms with Crippen molar-refractivity contribution in [2.45, 2.75) is 20.8 Å². The van der Waals surface area contributed by atoms with Crippen molar-refractivity contribution in [3.8, 4) is 11.8 Å². The summed E-state index contributed by atoms with van der Waals surface area (Å²) in [5, 5.41) is 17.9. The van der Waals surface area contributed by atoms with E-state index in [1.807, 2.05) is 49.9 Å². The molecule has 0 aliphatic heterocycles. The van der Waals surface area contributed by atoms with E-state index < -0.39 is 0 Å². The monoisotopic (exact) mass is 255 g/mol. The predicted octanol–water partition coefficient (Wildman–Crippen LogP) is 2.29. The molecule has 0 saturated heterocycles. The summed E-state index contributed by atoms with van der Waals surface area (Å²) in [6, 6.07) is 9.98. The largest absolute Gasteiger partial charge is 0.353 e. The molecular weight excluding hydrogens is 238 g/mol. The van der Waals surface area contributed by atoms with Crippen LogP contribution in [0, 0.1) is 18.3 Å². The van der Waals surface area contributed by atoms with Crippen LogP contribution in [0.25, 0.3) is 5.69 Å². The molecule has 0 bridgehead atoms. The first-order valence-corrected chi connectivity index (χ1v) is 6.39. The summed E-state index contributed by atoms with van der Waals surface area (Å²) in [5.41, 5.74) is 2.34. The zero-order chi connectivity index (χ0) is 13.8. The number of hydrogen-bond donors (Lipinski definition) is 0. The van der Waals surface area contributed by atoms with Gasteiger partial charge in [-0.15, -0.1) is 15.0 Å². The van der Waals surface area contributed by atoms with E-state index in [9.17, 15) is 5.26 Å². The summed E-state index contributed by atoms with van der Waals surface area (Å²) in [5.74, 6) is 0.649. The lowest BCUT2D eigenvalue weighted by Gasteiger charge is -2.16. The average Bonchev–Trinajstić information content (AvgIpc) is 2.85. The fourth-order valence-corrected chi connectivity index (χ4v) is 2.00. The maximum absolute atomic E-state index is 9.20. The van der Waals surface area contributed by atoms with Crippen molar-refractivity contribution in [3.05, 3.63) is 35.5 Å². The van der Waals surface area contributed by atoms with Crippen LogP contribution in [0.15, 0.2) is 24.3 Å². The second kappa shape index (κ2) is 5.53. The number of anilines is 1. The Morgan fingerprint density at radius 3 is 2.47 bits per heavy atom. The van der Waals surface area contributed by atoms with Gasteiger partial charge in [-0.25, -0.2) is 0 Å². The Morgan fingerprint density at radius 1 is 1.21 bits per heavy atom. The van der Waals surface area contributed by atoms with Gasteiger partial charge in [0.25, 0.3) is 0 Å². The molecule has 0 aliphatic carbocycles. The molecule has 0 N–H and O–H groups in total. The molecule has 1 aromatic carbocycles. The zero-order valence-corrected chi connectivity index (χ0v) is 11.5. The van der Waals surface area contributed by atoms with E-state index in [1.54, 1.807) is 4.80 Å². The van der Waals surface area contributed by atoms with E-state index in [2.05, 4.69) is 16.3 Å². The van der Waals surface area contributed by atoms with Gasteiger partial charge in [-0.3, -0.25) is 0 Å². The number of benzene rings is 1. The van der Waals surface area contributed by atoms with E-state index in [0.29, 0.717) is 11.5 Å². The third-order valence-electron chi connectivity index (χ3n) is 3.10. The number of rotatable bonds is 4. The maximum atomic E-state index is 9.20. The molecule has 19 heavy (non-hydrogen) atoms. The molecule has 2 aromatic rings.